The smallest absolute Gasteiger partial charge is 0.222 e. The number of halogens is 1. The molecule has 0 saturated carbocycles. The molecule has 1 heterocycles. The Bertz CT molecular complexity index is 257. The Balaban J connectivity index is 2.16. The fourth-order valence-electron chi connectivity index (χ4n) is 3.04. The Morgan fingerprint density at radius 3 is 2.45 bits per heavy atom. The van der Waals surface area contributed by atoms with Crippen molar-refractivity contribution in [2.24, 2.45) is 0 Å². The number of carbonyl (C=O) groups excluding carboxylic acids is 1. The van der Waals surface area contributed by atoms with E-state index < -0.39 is 0 Å². The minimum absolute atomic E-state index is 0.393. The van der Waals surface area contributed by atoms with Crippen molar-refractivity contribution >= 4 is 21.8 Å². The molecule has 3 heteroatoms. The van der Waals surface area contributed by atoms with Gasteiger partial charge in [-0.05, 0) is 19.3 Å². The number of alkyl halides is 1. The summed E-state index contributed by atoms with van der Waals surface area (Å²) >= 11 is 3.58. The maximum Gasteiger partial charge on any atom is 0.222 e. The maximum absolute atomic E-state index is 12.4. The van der Waals surface area contributed by atoms with E-state index in [4.69, 9.17) is 0 Å². The van der Waals surface area contributed by atoms with Crippen LogP contribution in [0.3, 0.4) is 0 Å². The van der Waals surface area contributed by atoms with Gasteiger partial charge in [0.15, 0.2) is 0 Å². The Labute approximate surface area is 133 Å². The number of hydrogen-bond acceptors (Lipinski definition) is 1. The van der Waals surface area contributed by atoms with Crippen LogP contribution >= 0.6 is 15.9 Å². The van der Waals surface area contributed by atoms with E-state index in [1.165, 1.54) is 64.2 Å². The summed E-state index contributed by atoms with van der Waals surface area (Å²) in [5.74, 6) is 0.393. The minimum atomic E-state index is 0.393. The molecule has 1 aliphatic heterocycles. The van der Waals surface area contributed by atoms with Gasteiger partial charge in [0.05, 0.1) is 0 Å². The average molecular weight is 346 g/mol. The SMILES string of the molecule is CCCCCCCCCC(=O)N1CCCCCC1CBr. The van der Waals surface area contributed by atoms with E-state index in [0.717, 1.165) is 24.7 Å². The molecule has 0 N–H and O–H groups in total. The van der Waals surface area contributed by atoms with Gasteiger partial charge in [0.1, 0.15) is 0 Å². The first-order valence-corrected chi connectivity index (χ1v) is 9.77. The molecular formula is C17H32BrNO. The zero-order valence-corrected chi connectivity index (χ0v) is 14.8. The Morgan fingerprint density at radius 2 is 1.75 bits per heavy atom. The molecule has 1 unspecified atom stereocenters. The quantitative estimate of drug-likeness (QED) is 0.410. The minimum Gasteiger partial charge on any atom is -0.339 e. The Hall–Kier alpha value is -0.0500. The van der Waals surface area contributed by atoms with Gasteiger partial charge in [-0.25, -0.2) is 0 Å². The maximum atomic E-state index is 12.4. The van der Waals surface area contributed by atoms with Crippen LogP contribution in [-0.2, 0) is 4.79 Å². The van der Waals surface area contributed by atoms with Crippen molar-refractivity contribution in [1.82, 2.24) is 4.90 Å². The van der Waals surface area contributed by atoms with Crippen molar-refractivity contribution in [2.75, 3.05) is 11.9 Å². The fourth-order valence-corrected chi connectivity index (χ4v) is 3.72. The normalized spacial score (nSPS) is 19.9. The lowest BCUT2D eigenvalue weighted by molar-refractivity contribution is -0.133. The van der Waals surface area contributed by atoms with Crippen LogP contribution in [0.2, 0.25) is 0 Å². The third-order valence-electron chi connectivity index (χ3n) is 4.37. The Kier molecular flexibility index (Phi) is 10.4. The van der Waals surface area contributed by atoms with Crippen LogP contribution in [0.15, 0.2) is 0 Å². The van der Waals surface area contributed by atoms with E-state index in [1.807, 2.05) is 0 Å². The molecule has 0 spiro atoms. The zero-order valence-electron chi connectivity index (χ0n) is 13.2. The van der Waals surface area contributed by atoms with Gasteiger partial charge in [0.25, 0.3) is 0 Å². The number of rotatable bonds is 9. The lowest BCUT2D eigenvalue weighted by Crippen LogP contribution is -2.40. The van der Waals surface area contributed by atoms with Gasteiger partial charge in [-0.15, -0.1) is 0 Å². The predicted molar refractivity (Wildman–Crippen MR) is 90.4 cm³/mol. The summed E-state index contributed by atoms with van der Waals surface area (Å²) in [6.07, 6.45) is 14.7. The number of carbonyl (C=O) groups is 1. The molecule has 1 saturated heterocycles. The monoisotopic (exact) mass is 345 g/mol. The average Bonchev–Trinajstić information content (AvgIpc) is 2.71. The van der Waals surface area contributed by atoms with Crippen molar-refractivity contribution in [2.45, 2.75) is 90.0 Å². The standard InChI is InChI=1S/C17H32BrNO/c1-2-3-4-5-6-7-10-13-17(20)19-14-11-8-9-12-16(19)15-18/h16H,2-15H2,1H3. The van der Waals surface area contributed by atoms with Crippen LogP contribution in [0.4, 0.5) is 0 Å². The van der Waals surface area contributed by atoms with Crippen LogP contribution in [-0.4, -0.2) is 28.7 Å². The zero-order chi connectivity index (χ0) is 14.6. The highest BCUT2D eigenvalue weighted by molar-refractivity contribution is 9.09. The molecule has 1 aliphatic rings. The summed E-state index contributed by atoms with van der Waals surface area (Å²) in [6, 6.07) is 0.439. The van der Waals surface area contributed by atoms with Gasteiger partial charge >= 0.3 is 0 Å². The lowest BCUT2D eigenvalue weighted by atomic mass is 10.1. The number of hydrogen-bond donors (Lipinski definition) is 0. The van der Waals surface area contributed by atoms with Crippen LogP contribution in [0, 0.1) is 0 Å². The second-order valence-corrected chi connectivity index (χ2v) is 6.76. The molecule has 118 valence electrons. The second-order valence-electron chi connectivity index (χ2n) is 6.12. The second kappa shape index (κ2) is 11.6. The molecule has 0 radical (unpaired) electrons. The van der Waals surface area contributed by atoms with Crippen molar-refractivity contribution < 1.29 is 4.79 Å². The molecule has 1 atom stereocenters. The lowest BCUT2D eigenvalue weighted by Gasteiger charge is -2.28. The molecule has 1 amide bonds. The largest absolute Gasteiger partial charge is 0.339 e. The van der Waals surface area contributed by atoms with E-state index in [-0.39, 0.29) is 0 Å². The van der Waals surface area contributed by atoms with Crippen molar-refractivity contribution in [3.8, 4) is 0 Å². The summed E-state index contributed by atoms with van der Waals surface area (Å²) < 4.78 is 0. The van der Waals surface area contributed by atoms with Gasteiger partial charge in [-0.1, -0.05) is 74.2 Å². The van der Waals surface area contributed by atoms with E-state index in [0.29, 0.717) is 11.9 Å². The van der Waals surface area contributed by atoms with Crippen LogP contribution < -0.4 is 0 Å². The van der Waals surface area contributed by atoms with Gasteiger partial charge < -0.3 is 4.90 Å². The molecule has 20 heavy (non-hydrogen) atoms. The highest BCUT2D eigenvalue weighted by Crippen LogP contribution is 2.20. The number of likely N-dealkylation sites (tertiary alicyclic amines) is 1. The van der Waals surface area contributed by atoms with Gasteiger partial charge in [-0.3, -0.25) is 4.79 Å². The number of unbranched alkanes of at least 4 members (excludes halogenated alkanes) is 6. The third kappa shape index (κ3) is 7.10. The first-order valence-electron chi connectivity index (χ1n) is 8.65. The van der Waals surface area contributed by atoms with Gasteiger partial charge in [0, 0.05) is 24.3 Å². The summed E-state index contributed by atoms with van der Waals surface area (Å²) in [7, 11) is 0. The van der Waals surface area contributed by atoms with E-state index in [9.17, 15) is 4.79 Å². The summed E-state index contributed by atoms with van der Waals surface area (Å²) in [4.78, 5) is 14.5. The first kappa shape index (κ1) is 18.0. The molecule has 1 rings (SSSR count). The highest BCUT2D eigenvalue weighted by atomic mass is 79.9. The van der Waals surface area contributed by atoms with E-state index in [2.05, 4.69) is 27.8 Å². The fraction of sp³-hybridized carbons (Fsp3) is 0.941. The molecule has 0 aliphatic carbocycles. The summed E-state index contributed by atoms with van der Waals surface area (Å²) in [5, 5.41) is 0.940. The number of nitrogens with zero attached hydrogens (tertiary/aromatic N) is 1. The molecule has 1 fully saturated rings. The van der Waals surface area contributed by atoms with Crippen molar-refractivity contribution in [1.29, 1.82) is 0 Å². The van der Waals surface area contributed by atoms with E-state index in [1.54, 1.807) is 0 Å². The van der Waals surface area contributed by atoms with Crippen LogP contribution in [0.5, 0.6) is 0 Å². The van der Waals surface area contributed by atoms with Crippen LogP contribution in [0.1, 0.15) is 84.0 Å². The summed E-state index contributed by atoms with van der Waals surface area (Å²) in [5.41, 5.74) is 0. The molecular weight excluding hydrogens is 314 g/mol. The molecule has 0 aromatic rings. The molecule has 0 aromatic carbocycles. The predicted octanol–water partition coefficient (Wildman–Crippen LogP) is 5.29. The Morgan fingerprint density at radius 1 is 1.05 bits per heavy atom. The molecule has 0 aromatic heterocycles. The first-order chi connectivity index (χ1) is 9.79. The van der Waals surface area contributed by atoms with Crippen molar-refractivity contribution in [3.63, 3.8) is 0 Å². The molecule has 2 nitrogen and oxygen atoms in total. The highest BCUT2D eigenvalue weighted by Gasteiger charge is 2.23. The van der Waals surface area contributed by atoms with Crippen LogP contribution in [0.25, 0.3) is 0 Å². The summed E-state index contributed by atoms with van der Waals surface area (Å²) in [6.45, 7) is 3.23. The van der Waals surface area contributed by atoms with E-state index >= 15 is 0 Å². The number of amides is 1. The van der Waals surface area contributed by atoms with Gasteiger partial charge in [0.2, 0.25) is 5.91 Å². The molecule has 0 bridgehead atoms. The topological polar surface area (TPSA) is 20.3 Å². The van der Waals surface area contributed by atoms with Crippen molar-refractivity contribution in [3.05, 3.63) is 0 Å². The van der Waals surface area contributed by atoms with Gasteiger partial charge in [-0.2, -0.15) is 0 Å². The third-order valence-corrected chi connectivity index (χ3v) is 5.12.